The molecule has 6 nitrogen and oxygen atoms in total. The number of benzene rings is 2. The number of amides is 1. The third-order valence-corrected chi connectivity index (χ3v) is 6.01. The van der Waals surface area contributed by atoms with Crippen molar-refractivity contribution < 1.29 is 45.0 Å². The molecule has 6 rings (SSSR count). The number of fused-ring (bicyclic) bond motifs is 2. The first-order valence-electron chi connectivity index (χ1n) is 10.5. The molecule has 1 aliphatic heterocycles. The number of ether oxygens (including phenoxy) is 1. The third-order valence-electron chi connectivity index (χ3n) is 6.01. The number of nitrogens with zero attached hydrogens (tertiary/aromatic N) is 2. The molecule has 0 bridgehead atoms. The molecule has 2 aliphatic rings. The van der Waals surface area contributed by atoms with Crippen molar-refractivity contribution >= 4 is 22.8 Å². The van der Waals surface area contributed by atoms with Crippen LogP contribution < -0.4 is 10.1 Å². The Kier molecular flexibility index (Phi) is 5.76. The number of aryl methyl sites for hydroxylation is 1. The number of imidazole rings is 1. The second-order valence-corrected chi connectivity index (χ2v) is 8.25. The van der Waals surface area contributed by atoms with Gasteiger partial charge in [0.2, 0.25) is 5.91 Å². The van der Waals surface area contributed by atoms with Crippen molar-refractivity contribution in [1.82, 2.24) is 15.0 Å². The molecule has 1 aliphatic carbocycles. The normalized spacial score (nSPS) is 18.9. The fourth-order valence-corrected chi connectivity index (χ4v) is 4.23. The van der Waals surface area contributed by atoms with Crippen LogP contribution in [0.4, 0.5) is 10.2 Å². The Hall–Kier alpha value is -2.69. The van der Waals surface area contributed by atoms with Gasteiger partial charge in [0.1, 0.15) is 17.4 Å². The molecule has 1 saturated carbocycles. The van der Waals surface area contributed by atoms with E-state index in [0.717, 1.165) is 22.5 Å². The Bertz CT molecular complexity index is 1350. The van der Waals surface area contributed by atoms with Crippen molar-refractivity contribution in [3.05, 3.63) is 83.4 Å². The van der Waals surface area contributed by atoms with Gasteiger partial charge in [0.05, 0.1) is 16.9 Å². The van der Waals surface area contributed by atoms with Crippen LogP contribution in [0, 0.1) is 56.3 Å². The molecule has 8 heteroatoms. The van der Waals surface area contributed by atoms with Crippen LogP contribution in [0.3, 0.4) is 0 Å². The van der Waals surface area contributed by atoms with Crippen LogP contribution in [0.25, 0.3) is 11.0 Å². The van der Waals surface area contributed by atoms with E-state index in [4.69, 9.17) is 4.74 Å². The zero-order valence-electron chi connectivity index (χ0n) is 17.8. The van der Waals surface area contributed by atoms with E-state index in [9.17, 15) is 9.18 Å². The van der Waals surface area contributed by atoms with Crippen LogP contribution >= 0.6 is 0 Å². The van der Waals surface area contributed by atoms with E-state index in [1.807, 2.05) is 24.3 Å². The van der Waals surface area contributed by atoms with Gasteiger partial charge in [-0.2, -0.15) is 23.6 Å². The van der Waals surface area contributed by atoms with E-state index in [1.54, 1.807) is 19.2 Å². The monoisotopic (exact) mass is 664 g/mol. The Balaban J connectivity index is 0.00000228. The number of pyridine rings is 1. The molecule has 2 atom stereocenters. The van der Waals surface area contributed by atoms with Crippen LogP contribution in [0.1, 0.15) is 40.8 Å². The van der Waals surface area contributed by atoms with Crippen LogP contribution in [-0.4, -0.2) is 20.9 Å². The van der Waals surface area contributed by atoms with Gasteiger partial charge in [-0.1, -0.05) is 0 Å². The number of nitrogens with one attached hydrogen (secondary N) is 2. The molecule has 162 valence electrons. The molecule has 2 N–H and O–H groups in total. The summed E-state index contributed by atoms with van der Waals surface area (Å²) >= 11 is 0. The molecule has 2 aromatic carbocycles. The largest absolute Gasteiger partial charge is 2.00 e. The molecule has 1 fully saturated rings. The van der Waals surface area contributed by atoms with Crippen molar-refractivity contribution in [2.75, 3.05) is 5.32 Å². The number of H-pyrrole nitrogens is 1. The van der Waals surface area contributed by atoms with Gasteiger partial charge in [-0.15, -0.1) is 18.1 Å². The number of halogens is 1. The SMILES string of the molecule is Cc1cc2[nH]c([C@@H]3[CH-][C@H]3c3[c-]ccc(Oc4ccnc5c4CCC(=O)N5)c3)nc2cc1F.[U+2]. The Morgan fingerprint density at radius 3 is 2.97 bits per heavy atom. The number of aromatic nitrogens is 3. The maximum atomic E-state index is 13.9. The van der Waals surface area contributed by atoms with E-state index in [0.29, 0.717) is 41.2 Å². The van der Waals surface area contributed by atoms with Crippen molar-refractivity contribution in [1.29, 1.82) is 0 Å². The summed E-state index contributed by atoms with van der Waals surface area (Å²) in [5, 5.41) is 2.79. The van der Waals surface area contributed by atoms with Crippen molar-refractivity contribution in [2.24, 2.45) is 0 Å². The second-order valence-electron chi connectivity index (χ2n) is 8.25. The fourth-order valence-electron chi connectivity index (χ4n) is 4.23. The second kappa shape index (κ2) is 8.59. The van der Waals surface area contributed by atoms with Crippen molar-refractivity contribution in [3.8, 4) is 11.5 Å². The molecule has 2 aromatic heterocycles. The van der Waals surface area contributed by atoms with Crippen LogP contribution in [0.2, 0.25) is 0 Å². The van der Waals surface area contributed by atoms with Gasteiger partial charge >= 0.3 is 31.1 Å². The summed E-state index contributed by atoms with van der Waals surface area (Å²) in [7, 11) is 0. The maximum Gasteiger partial charge on any atom is 2.00 e. The summed E-state index contributed by atoms with van der Waals surface area (Å²) in [6.07, 6.45) is 4.83. The van der Waals surface area contributed by atoms with Gasteiger partial charge in [0, 0.05) is 30.0 Å². The molecule has 0 saturated heterocycles. The minimum atomic E-state index is -0.247. The molecular weight excluding hydrogens is 645 g/mol. The average molecular weight is 664 g/mol. The summed E-state index contributed by atoms with van der Waals surface area (Å²) in [5.41, 5.74) is 3.99. The molecule has 33 heavy (non-hydrogen) atoms. The Labute approximate surface area is 213 Å². The third kappa shape index (κ3) is 4.18. The van der Waals surface area contributed by atoms with Crippen LogP contribution in [-0.2, 0) is 11.2 Å². The van der Waals surface area contributed by atoms with Crippen molar-refractivity contribution in [3.63, 3.8) is 0 Å². The minimum absolute atomic E-state index is 0. The van der Waals surface area contributed by atoms with E-state index in [-0.39, 0.29) is 54.7 Å². The molecule has 4 aromatic rings. The van der Waals surface area contributed by atoms with Gasteiger partial charge < -0.3 is 21.5 Å². The summed E-state index contributed by atoms with van der Waals surface area (Å²) in [4.78, 5) is 23.8. The number of carbonyl (C=O) groups is 1. The molecule has 0 radical (unpaired) electrons. The number of carbonyl (C=O) groups excluding carboxylic acids is 1. The van der Waals surface area contributed by atoms with Crippen LogP contribution in [0.5, 0.6) is 11.5 Å². The Morgan fingerprint density at radius 1 is 1.21 bits per heavy atom. The predicted octanol–water partition coefficient (Wildman–Crippen LogP) is 4.97. The first-order chi connectivity index (χ1) is 15.5. The number of aromatic amines is 1. The predicted molar refractivity (Wildman–Crippen MR) is 117 cm³/mol. The quantitative estimate of drug-likeness (QED) is 0.303. The number of rotatable bonds is 4. The average Bonchev–Trinajstić information content (AvgIpc) is 3.48. The molecular formula is C25H19FN4O2U. The maximum absolute atomic E-state index is 13.9. The summed E-state index contributed by atoms with van der Waals surface area (Å²) in [5.74, 6) is 2.79. The fraction of sp³-hybridized carbons (Fsp3) is 0.200. The molecule has 1 amide bonds. The summed E-state index contributed by atoms with van der Waals surface area (Å²) < 4.78 is 20.0. The van der Waals surface area contributed by atoms with E-state index in [1.165, 1.54) is 6.07 Å². The number of hydrogen-bond donors (Lipinski definition) is 2. The van der Waals surface area contributed by atoms with E-state index in [2.05, 4.69) is 32.8 Å². The first kappa shape index (κ1) is 22.1. The van der Waals surface area contributed by atoms with Crippen molar-refractivity contribution in [2.45, 2.75) is 31.6 Å². The molecule has 0 spiro atoms. The molecule has 3 heterocycles. The summed E-state index contributed by atoms with van der Waals surface area (Å²) in [6, 6.07) is 14.1. The zero-order chi connectivity index (χ0) is 21.8. The van der Waals surface area contributed by atoms with Gasteiger partial charge in [0.25, 0.3) is 0 Å². The van der Waals surface area contributed by atoms with E-state index < -0.39 is 0 Å². The van der Waals surface area contributed by atoms with Gasteiger partial charge in [0.15, 0.2) is 0 Å². The smallest absolute Gasteiger partial charge is 0.482 e. The molecule has 0 unspecified atom stereocenters. The van der Waals surface area contributed by atoms with Gasteiger partial charge in [-0.25, -0.2) is 14.4 Å². The number of hydrogen-bond acceptors (Lipinski definition) is 4. The topological polar surface area (TPSA) is 79.9 Å². The summed E-state index contributed by atoms with van der Waals surface area (Å²) in [6.45, 7) is 1.75. The van der Waals surface area contributed by atoms with Gasteiger partial charge in [-0.05, 0) is 31.0 Å². The zero-order valence-corrected chi connectivity index (χ0v) is 21.9. The van der Waals surface area contributed by atoms with Gasteiger partial charge in [-0.3, -0.25) is 4.79 Å². The van der Waals surface area contributed by atoms with Crippen LogP contribution in [0.15, 0.2) is 42.6 Å². The standard InChI is InChI=1S/C25H19FN4O2.U/c1-13-9-20-21(12-19(13)26)29-25(28-20)18-11-17(18)14-3-2-4-15(10-14)32-22-7-8-27-24-16(22)5-6-23(31)30-24;/h2,4,7-12,17-18H,5-6H2,1H3,(H,28,29)(H,27,30,31);/q-2;+2/t17-,18+;/m0./s1. The first-order valence-corrected chi connectivity index (χ1v) is 10.5. The number of anilines is 1. The Morgan fingerprint density at radius 2 is 2.09 bits per heavy atom. The minimum Gasteiger partial charge on any atom is -0.482 e. The van der Waals surface area contributed by atoms with E-state index >= 15 is 0 Å².